The van der Waals surface area contributed by atoms with E-state index in [1.807, 2.05) is 24.3 Å². The number of hydrazine groups is 1. The van der Waals surface area contributed by atoms with E-state index in [2.05, 4.69) is 26.8 Å². The summed E-state index contributed by atoms with van der Waals surface area (Å²) in [5.41, 5.74) is 6.25. The van der Waals surface area contributed by atoms with E-state index in [0.29, 0.717) is 17.0 Å². The highest BCUT2D eigenvalue weighted by Gasteiger charge is 2.07. The molecule has 0 aliphatic rings. The van der Waals surface area contributed by atoms with E-state index in [1.54, 1.807) is 24.3 Å². The summed E-state index contributed by atoms with van der Waals surface area (Å²) in [6.07, 6.45) is 0.888. The van der Waals surface area contributed by atoms with Gasteiger partial charge in [-0.3, -0.25) is 20.4 Å². The van der Waals surface area contributed by atoms with Crippen molar-refractivity contribution >= 4 is 39.3 Å². The highest BCUT2D eigenvalue weighted by molar-refractivity contribution is 9.10. The molecule has 0 fully saturated rings. The average Bonchev–Trinajstić information content (AvgIpc) is 2.51. The fourth-order valence-electron chi connectivity index (χ4n) is 1.81. The van der Waals surface area contributed by atoms with Crippen molar-refractivity contribution in [2.45, 2.75) is 12.8 Å². The Morgan fingerprint density at radius 2 is 1.77 bits per heavy atom. The monoisotopic (exact) mass is 380 g/mol. The van der Waals surface area contributed by atoms with Crippen molar-refractivity contribution in [1.82, 2.24) is 10.9 Å². The standard InChI is InChI=1S/C16H14BrClN2O2/c17-13-3-1-2-11(10-13)4-9-15(21)19-20-16(22)12-5-7-14(18)8-6-12/h1-3,5-8,10H,4,9H2,(H,19,21)(H,20,22). The highest BCUT2D eigenvalue weighted by Crippen LogP contribution is 2.13. The molecule has 22 heavy (non-hydrogen) atoms. The van der Waals surface area contributed by atoms with Crippen molar-refractivity contribution in [3.63, 3.8) is 0 Å². The average molecular weight is 382 g/mol. The summed E-state index contributed by atoms with van der Waals surface area (Å²) < 4.78 is 0.974. The maximum Gasteiger partial charge on any atom is 0.269 e. The first-order valence-electron chi connectivity index (χ1n) is 6.64. The number of hydrogen-bond donors (Lipinski definition) is 2. The summed E-state index contributed by atoms with van der Waals surface area (Å²) in [6.45, 7) is 0. The molecule has 2 rings (SSSR count). The Balaban J connectivity index is 1.78. The van der Waals surface area contributed by atoms with Gasteiger partial charge in [0.25, 0.3) is 5.91 Å². The van der Waals surface area contributed by atoms with Crippen LogP contribution < -0.4 is 10.9 Å². The second-order valence-corrected chi connectivity index (χ2v) is 5.99. The lowest BCUT2D eigenvalue weighted by atomic mass is 10.1. The van der Waals surface area contributed by atoms with Crippen molar-refractivity contribution in [2.75, 3.05) is 0 Å². The van der Waals surface area contributed by atoms with Crippen molar-refractivity contribution in [3.05, 3.63) is 69.2 Å². The Bertz CT molecular complexity index is 674. The zero-order chi connectivity index (χ0) is 15.9. The first-order chi connectivity index (χ1) is 10.5. The molecule has 0 bridgehead atoms. The molecule has 0 aliphatic carbocycles. The largest absolute Gasteiger partial charge is 0.273 e. The van der Waals surface area contributed by atoms with E-state index in [9.17, 15) is 9.59 Å². The quantitative estimate of drug-likeness (QED) is 0.797. The third-order valence-electron chi connectivity index (χ3n) is 2.95. The molecule has 0 unspecified atom stereocenters. The zero-order valence-corrected chi connectivity index (χ0v) is 13.9. The van der Waals surface area contributed by atoms with Crippen molar-refractivity contribution in [2.24, 2.45) is 0 Å². The number of aryl methyl sites for hydroxylation is 1. The lowest BCUT2D eigenvalue weighted by molar-refractivity contribution is -0.121. The van der Waals surface area contributed by atoms with Crippen LogP contribution in [0.2, 0.25) is 5.02 Å². The molecule has 2 N–H and O–H groups in total. The molecule has 114 valence electrons. The van der Waals surface area contributed by atoms with E-state index in [1.165, 1.54) is 0 Å². The van der Waals surface area contributed by atoms with Crippen LogP contribution in [0, 0.1) is 0 Å². The number of benzene rings is 2. The van der Waals surface area contributed by atoms with Gasteiger partial charge in [-0.2, -0.15) is 0 Å². The molecule has 4 nitrogen and oxygen atoms in total. The number of carbonyl (C=O) groups excluding carboxylic acids is 2. The number of nitrogens with one attached hydrogen (secondary N) is 2. The molecular weight excluding hydrogens is 368 g/mol. The smallest absolute Gasteiger partial charge is 0.269 e. The summed E-state index contributed by atoms with van der Waals surface area (Å²) >= 11 is 9.13. The van der Waals surface area contributed by atoms with E-state index in [-0.39, 0.29) is 18.2 Å². The van der Waals surface area contributed by atoms with Crippen LogP contribution >= 0.6 is 27.5 Å². The van der Waals surface area contributed by atoms with E-state index in [0.717, 1.165) is 10.0 Å². The summed E-state index contributed by atoms with van der Waals surface area (Å²) in [6, 6.07) is 14.2. The summed E-state index contributed by atoms with van der Waals surface area (Å²) in [5.74, 6) is -0.630. The molecule has 2 aromatic carbocycles. The van der Waals surface area contributed by atoms with Gasteiger partial charge in [0.2, 0.25) is 5.91 Å². The van der Waals surface area contributed by atoms with Crippen LogP contribution in [0.1, 0.15) is 22.3 Å². The zero-order valence-electron chi connectivity index (χ0n) is 11.6. The van der Waals surface area contributed by atoms with Crippen LogP contribution in [0.3, 0.4) is 0 Å². The van der Waals surface area contributed by atoms with Gasteiger partial charge >= 0.3 is 0 Å². The number of carbonyl (C=O) groups is 2. The van der Waals surface area contributed by atoms with Crippen LogP contribution in [-0.4, -0.2) is 11.8 Å². The first kappa shape index (κ1) is 16.5. The molecule has 6 heteroatoms. The van der Waals surface area contributed by atoms with E-state index in [4.69, 9.17) is 11.6 Å². The molecule has 0 aliphatic heterocycles. The molecule has 2 amide bonds. The van der Waals surface area contributed by atoms with E-state index >= 15 is 0 Å². The van der Waals surface area contributed by atoms with Crippen molar-refractivity contribution in [1.29, 1.82) is 0 Å². The minimum atomic E-state index is -0.382. The summed E-state index contributed by atoms with van der Waals surface area (Å²) in [5, 5.41) is 0.551. The van der Waals surface area contributed by atoms with Crippen molar-refractivity contribution < 1.29 is 9.59 Å². The first-order valence-corrected chi connectivity index (χ1v) is 7.81. The molecular formula is C16H14BrClN2O2. The van der Waals surface area contributed by atoms with Gasteiger partial charge in [-0.05, 0) is 48.4 Å². The third-order valence-corrected chi connectivity index (χ3v) is 3.70. The Kier molecular flexibility index (Phi) is 5.98. The number of hydrogen-bond acceptors (Lipinski definition) is 2. The number of amides is 2. The Morgan fingerprint density at radius 1 is 1.05 bits per heavy atom. The van der Waals surface area contributed by atoms with Gasteiger partial charge in [-0.15, -0.1) is 0 Å². The van der Waals surface area contributed by atoms with Gasteiger partial charge in [-0.25, -0.2) is 0 Å². The second kappa shape index (κ2) is 7.96. The summed E-state index contributed by atoms with van der Waals surface area (Å²) in [4.78, 5) is 23.5. The number of halogens is 2. The third kappa shape index (κ3) is 5.16. The van der Waals surface area contributed by atoms with Gasteiger partial charge in [0.15, 0.2) is 0 Å². The molecule has 0 radical (unpaired) electrons. The van der Waals surface area contributed by atoms with Crippen molar-refractivity contribution in [3.8, 4) is 0 Å². The van der Waals surface area contributed by atoms with Gasteiger partial charge in [0.1, 0.15) is 0 Å². The fraction of sp³-hybridized carbons (Fsp3) is 0.125. The minimum Gasteiger partial charge on any atom is -0.273 e. The molecule has 0 aromatic heterocycles. The van der Waals surface area contributed by atoms with Crippen LogP contribution in [0.15, 0.2) is 53.0 Å². The van der Waals surface area contributed by atoms with Gasteiger partial charge in [0.05, 0.1) is 0 Å². The van der Waals surface area contributed by atoms with E-state index < -0.39 is 0 Å². The van der Waals surface area contributed by atoms with Crippen LogP contribution in [0.25, 0.3) is 0 Å². The highest BCUT2D eigenvalue weighted by atomic mass is 79.9. The summed E-state index contributed by atoms with van der Waals surface area (Å²) in [7, 11) is 0. The maximum atomic E-state index is 11.8. The topological polar surface area (TPSA) is 58.2 Å². The predicted molar refractivity (Wildman–Crippen MR) is 89.5 cm³/mol. The van der Waals surface area contributed by atoms with Gasteiger partial charge < -0.3 is 0 Å². The lowest BCUT2D eigenvalue weighted by Crippen LogP contribution is -2.41. The minimum absolute atomic E-state index is 0.248. The van der Waals surface area contributed by atoms with Crippen LogP contribution in [0.5, 0.6) is 0 Å². The lowest BCUT2D eigenvalue weighted by Gasteiger charge is -2.07. The van der Waals surface area contributed by atoms with Gasteiger partial charge in [-0.1, -0.05) is 39.7 Å². The molecule has 0 heterocycles. The Morgan fingerprint density at radius 3 is 2.45 bits per heavy atom. The van der Waals surface area contributed by atoms with Crippen LogP contribution in [0.4, 0.5) is 0 Å². The predicted octanol–water partition coefficient (Wildman–Crippen LogP) is 3.50. The molecule has 0 atom stereocenters. The molecule has 2 aromatic rings. The Hall–Kier alpha value is -1.85. The van der Waals surface area contributed by atoms with Crippen LogP contribution in [-0.2, 0) is 11.2 Å². The normalized spacial score (nSPS) is 10.1. The molecule has 0 saturated heterocycles. The fourth-order valence-corrected chi connectivity index (χ4v) is 2.39. The maximum absolute atomic E-state index is 11.8. The molecule has 0 saturated carbocycles. The second-order valence-electron chi connectivity index (χ2n) is 4.64. The SMILES string of the molecule is O=C(CCc1cccc(Br)c1)NNC(=O)c1ccc(Cl)cc1. The Labute approximate surface area is 142 Å². The molecule has 0 spiro atoms. The number of rotatable bonds is 4. The van der Waals surface area contributed by atoms with Gasteiger partial charge in [0, 0.05) is 21.5 Å².